The minimum atomic E-state index is -0.773. The number of rotatable bonds is 5. The fraction of sp³-hybridized carbons (Fsp3) is 0.571. The van der Waals surface area contributed by atoms with Gasteiger partial charge < -0.3 is 10.4 Å². The van der Waals surface area contributed by atoms with Crippen molar-refractivity contribution in [1.82, 2.24) is 5.32 Å². The number of thioether (sulfide) groups is 1. The first-order valence-corrected chi connectivity index (χ1v) is 7.33. The molecule has 0 aromatic heterocycles. The van der Waals surface area contributed by atoms with Gasteiger partial charge >= 0.3 is 0 Å². The van der Waals surface area contributed by atoms with E-state index < -0.39 is 5.60 Å². The zero-order chi connectivity index (χ0) is 12.1. The summed E-state index contributed by atoms with van der Waals surface area (Å²) in [5.41, 5.74) is 0.205. The average Bonchev–Trinajstić information content (AvgIpc) is 2.83. The summed E-state index contributed by atoms with van der Waals surface area (Å²) in [7, 11) is 0. The highest BCUT2D eigenvalue weighted by Gasteiger charge is 2.23. The van der Waals surface area contributed by atoms with Crippen LogP contribution in [0.25, 0.3) is 0 Å². The zero-order valence-corrected chi connectivity index (χ0v) is 11.2. The number of aliphatic hydroxyl groups is 1. The van der Waals surface area contributed by atoms with Gasteiger partial charge in [-0.05, 0) is 31.1 Å². The van der Waals surface area contributed by atoms with E-state index in [4.69, 9.17) is 0 Å². The maximum Gasteiger partial charge on any atom is 0.0992 e. The topological polar surface area (TPSA) is 32.3 Å². The van der Waals surface area contributed by atoms with Crippen molar-refractivity contribution < 1.29 is 5.11 Å². The van der Waals surface area contributed by atoms with E-state index in [1.807, 2.05) is 49.0 Å². The minimum absolute atomic E-state index is 0.619. The highest BCUT2D eigenvalue weighted by atomic mass is 32.2. The Hall–Kier alpha value is -0.510. The molecular weight excluding hydrogens is 230 g/mol. The summed E-state index contributed by atoms with van der Waals surface area (Å²) in [6.45, 7) is 3.50. The first kappa shape index (κ1) is 12.9. The molecule has 0 spiro atoms. The van der Waals surface area contributed by atoms with Crippen LogP contribution in [0, 0.1) is 0 Å². The van der Waals surface area contributed by atoms with Gasteiger partial charge in [0.25, 0.3) is 0 Å². The number of hydrogen-bond acceptors (Lipinski definition) is 3. The fourth-order valence-electron chi connectivity index (χ4n) is 2.18. The van der Waals surface area contributed by atoms with E-state index in [1.54, 1.807) is 0 Å². The van der Waals surface area contributed by atoms with Gasteiger partial charge in [0.1, 0.15) is 0 Å². The predicted octanol–water partition coefficient (Wildman–Crippen LogP) is 2.38. The lowest BCUT2D eigenvalue weighted by molar-refractivity contribution is 0.0572. The molecular formula is C14H21NOS. The molecule has 0 saturated carbocycles. The van der Waals surface area contributed by atoms with E-state index in [0.717, 1.165) is 17.4 Å². The lowest BCUT2D eigenvalue weighted by atomic mass is 9.96. The van der Waals surface area contributed by atoms with Gasteiger partial charge in [-0.3, -0.25) is 0 Å². The lowest BCUT2D eigenvalue weighted by Crippen LogP contribution is -2.37. The van der Waals surface area contributed by atoms with Gasteiger partial charge in [-0.25, -0.2) is 0 Å². The maximum atomic E-state index is 10.4. The molecule has 0 radical (unpaired) electrons. The quantitative estimate of drug-likeness (QED) is 0.843. The summed E-state index contributed by atoms with van der Waals surface area (Å²) >= 11 is 2.04. The lowest BCUT2D eigenvalue weighted by Gasteiger charge is -2.25. The molecule has 1 aliphatic rings. The monoisotopic (exact) mass is 251 g/mol. The molecule has 1 fully saturated rings. The highest BCUT2D eigenvalue weighted by molar-refractivity contribution is 8.00. The third kappa shape index (κ3) is 3.73. The number of nitrogens with one attached hydrogen (secondary N) is 1. The third-order valence-electron chi connectivity index (χ3n) is 3.26. The van der Waals surface area contributed by atoms with Crippen LogP contribution in [0.1, 0.15) is 25.3 Å². The van der Waals surface area contributed by atoms with E-state index >= 15 is 0 Å². The van der Waals surface area contributed by atoms with Crippen LogP contribution in [0.4, 0.5) is 0 Å². The summed E-state index contributed by atoms with van der Waals surface area (Å²) in [5.74, 6) is 1.29. The van der Waals surface area contributed by atoms with Gasteiger partial charge in [-0.2, -0.15) is 11.8 Å². The Morgan fingerprint density at radius 1 is 1.41 bits per heavy atom. The van der Waals surface area contributed by atoms with E-state index in [-0.39, 0.29) is 0 Å². The molecule has 17 heavy (non-hydrogen) atoms. The Balaban J connectivity index is 1.80. The van der Waals surface area contributed by atoms with E-state index in [9.17, 15) is 5.11 Å². The fourth-order valence-corrected chi connectivity index (χ4v) is 3.42. The van der Waals surface area contributed by atoms with Gasteiger partial charge in [0.15, 0.2) is 0 Å². The standard InChI is InChI=1S/C14H21NOS/c1-14(16,12-6-3-2-4-7-12)11-15-10-13-8-5-9-17-13/h2-4,6-7,13,15-16H,5,8-11H2,1H3. The van der Waals surface area contributed by atoms with Crippen LogP contribution in [-0.4, -0.2) is 29.2 Å². The normalized spacial score (nSPS) is 23.5. The Bertz CT molecular complexity index is 333. The van der Waals surface area contributed by atoms with Crippen LogP contribution in [0.3, 0.4) is 0 Å². The summed E-state index contributed by atoms with van der Waals surface area (Å²) < 4.78 is 0. The van der Waals surface area contributed by atoms with Crippen molar-refractivity contribution in [3.05, 3.63) is 35.9 Å². The van der Waals surface area contributed by atoms with Gasteiger partial charge in [0, 0.05) is 18.3 Å². The molecule has 1 aliphatic heterocycles. The summed E-state index contributed by atoms with van der Waals surface area (Å²) in [5, 5.41) is 14.5. The number of benzene rings is 1. The van der Waals surface area contributed by atoms with Crippen molar-refractivity contribution in [2.75, 3.05) is 18.8 Å². The van der Waals surface area contributed by atoms with Gasteiger partial charge in [0.05, 0.1) is 5.60 Å². The van der Waals surface area contributed by atoms with Crippen molar-refractivity contribution in [2.24, 2.45) is 0 Å². The molecule has 1 aromatic carbocycles. The predicted molar refractivity (Wildman–Crippen MR) is 74.4 cm³/mol. The summed E-state index contributed by atoms with van der Waals surface area (Å²) in [6, 6.07) is 9.87. The van der Waals surface area contributed by atoms with Gasteiger partial charge in [0.2, 0.25) is 0 Å². The van der Waals surface area contributed by atoms with Crippen LogP contribution in [0.15, 0.2) is 30.3 Å². The van der Waals surface area contributed by atoms with E-state index in [1.165, 1.54) is 18.6 Å². The second-order valence-corrected chi connectivity index (χ2v) is 6.31. The molecule has 1 saturated heterocycles. The maximum absolute atomic E-state index is 10.4. The van der Waals surface area contributed by atoms with E-state index in [0.29, 0.717) is 6.54 Å². The zero-order valence-electron chi connectivity index (χ0n) is 10.4. The second-order valence-electron chi connectivity index (χ2n) is 4.91. The molecule has 0 amide bonds. The SMILES string of the molecule is CC(O)(CNCC1CCCS1)c1ccccc1. The molecule has 1 heterocycles. The van der Waals surface area contributed by atoms with Crippen LogP contribution >= 0.6 is 11.8 Å². The molecule has 94 valence electrons. The second kappa shape index (κ2) is 5.89. The van der Waals surface area contributed by atoms with Crippen molar-refractivity contribution in [3.8, 4) is 0 Å². The molecule has 2 atom stereocenters. The van der Waals surface area contributed by atoms with Crippen molar-refractivity contribution >= 4 is 11.8 Å². The molecule has 0 aliphatic carbocycles. The molecule has 2 nitrogen and oxygen atoms in total. The Morgan fingerprint density at radius 2 is 2.18 bits per heavy atom. The first-order chi connectivity index (χ1) is 8.18. The Kier molecular flexibility index (Phi) is 4.48. The van der Waals surface area contributed by atoms with Crippen LogP contribution in [-0.2, 0) is 5.60 Å². The molecule has 2 N–H and O–H groups in total. The molecule has 2 rings (SSSR count). The first-order valence-electron chi connectivity index (χ1n) is 6.29. The van der Waals surface area contributed by atoms with Gasteiger partial charge in [-0.1, -0.05) is 30.3 Å². The Morgan fingerprint density at radius 3 is 2.82 bits per heavy atom. The summed E-state index contributed by atoms with van der Waals surface area (Å²) in [6.07, 6.45) is 2.65. The average molecular weight is 251 g/mol. The van der Waals surface area contributed by atoms with Crippen LogP contribution in [0.2, 0.25) is 0 Å². The van der Waals surface area contributed by atoms with Gasteiger partial charge in [-0.15, -0.1) is 0 Å². The minimum Gasteiger partial charge on any atom is -0.384 e. The smallest absolute Gasteiger partial charge is 0.0992 e. The molecule has 3 heteroatoms. The van der Waals surface area contributed by atoms with Crippen LogP contribution in [0.5, 0.6) is 0 Å². The van der Waals surface area contributed by atoms with E-state index in [2.05, 4.69) is 5.32 Å². The van der Waals surface area contributed by atoms with Crippen molar-refractivity contribution in [2.45, 2.75) is 30.6 Å². The molecule has 0 bridgehead atoms. The van der Waals surface area contributed by atoms with Crippen LogP contribution < -0.4 is 5.32 Å². The van der Waals surface area contributed by atoms with Crippen molar-refractivity contribution in [3.63, 3.8) is 0 Å². The molecule has 1 aromatic rings. The van der Waals surface area contributed by atoms with Crippen molar-refractivity contribution in [1.29, 1.82) is 0 Å². The summed E-state index contributed by atoms with van der Waals surface area (Å²) in [4.78, 5) is 0. The molecule has 2 unspecified atom stereocenters. The largest absolute Gasteiger partial charge is 0.384 e. The number of hydrogen-bond donors (Lipinski definition) is 2. The third-order valence-corrected chi connectivity index (χ3v) is 4.66. The Labute approximate surface area is 108 Å². The highest BCUT2D eigenvalue weighted by Crippen LogP contribution is 2.25.